The molecule has 3 aromatic carbocycles. The Labute approximate surface area is 166 Å². The maximum Gasteiger partial charge on any atom is 0.313 e. The zero-order chi connectivity index (χ0) is 16.5. The van der Waals surface area contributed by atoms with Gasteiger partial charge in [0.05, 0.1) is 0 Å². The van der Waals surface area contributed by atoms with E-state index in [2.05, 4.69) is 114 Å². The summed E-state index contributed by atoms with van der Waals surface area (Å²) in [5.41, 5.74) is 0. The summed E-state index contributed by atoms with van der Waals surface area (Å²) in [4.78, 5) is 8.98. The molecule has 0 amide bonds. The molecule has 0 atom stereocenters. The van der Waals surface area contributed by atoms with E-state index < -0.39 is 12.6 Å². The maximum absolute atomic E-state index is 8.98. The molecule has 124 valence electrons. The number of carbonyl (C=O) groups excluding carboxylic acids is 1. The number of hydrogen-bond acceptors (Lipinski definition) is 1. The van der Waals surface area contributed by atoms with E-state index in [-0.39, 0.29) is 19.5 Å². The summed E-state index contributed by atoms with van der Waals surface area (Å²) < 4.78 is -0.889. The van der Waals surface area contributed by atoms with Crippen molar-refractivity contribution in [3.63, 3.8) is 0 Å². The van der Waals surface area contributed by atoms with Crippen LogP contribution in [0.15, 0.2) is 91.0 Å². The molecule has 0 spiro atoms. The molecule has 0 saturated carbocycles. The molecule has 0 aromatic heterocycles. The van der Waals surface area contributed by atoms with Crippen LogP contribution in [0.3, 0.4) is 0 Å². The zero-order valence-electron chi connectivity index (χ0n) is 12.6. The Hall–Kier alpha value is -1.04. The molecule has 0 aliphatic heterocycles. The van der Waals surface area contributed by atoms with Crippen LogP contribution in [-0.2, 0) is 19.5 Å². The third kappa shape index (κ3) is 6.83. The first-order valence-corrected chi connectivity index (χ1v) is 9.08. The summed E-state index contributed by atoms with van der Waals surface area (Å²) in [6.45, 7) is 0. The quantitative estimate of drug-likeness (QED) is 0.303. The number of halogens is 2. The van der Waals surface area contributed by atoms with Crippen LogP contribution in [-0.4, -0.2) is 4.70 Å². The first-order valence-electron chi connectivity index (χ1n) is 6.98. The van der Waals surface area contributed by atoms with Crippen molar-refractivity contribution in [2.24, 2.45) is 0 Å². The molecule has 0 bridgehead atoms. The summed E-state index contributed by atoms with van der Waals surface area (Å²) >= 11 is 8.80. The van der Waals surface area contributed by atoms with Gasteiger partial charge in [0, 0.05) is 19.5 Å². The van der Waals surface area contributed by atoms with Gasteiger partial charge in [0.1, 0.15) is 0 Å². The minimum Gasteiger partial charge on any atom is -0.262 e. The van der Waals surface area contributed by atoms with Crippen molar-refractivity contribution in [3.05, 3.63) is 91.0 Å². The van der Waals surface area contributed by atoms with Gasteiger partial charge in [-0.3, -0.25) is 4.79 Å². The first kappa shape index (κ1) is 21.0. The average molecular weight is 462 g/mol. The third-order valence-electron chi connectivity index (χ3n) is 3.04. The largest absolute Gasteiger partial charge is 0.313 e. The van der Waals surface area contributed by atoms with Crippen molar-refractivity contribution in [2.75, 3.05) is 0 Å². The molecule has 0 heterocycles. The minimum absolute atomic E-state index is 0. The summed E-state index contributed by atoms with van der Waals surface area (Å²) in [7, 11) is -0.446. The molecule has 1 nitrogen and oxygen atoms in total. The molecular formula is C19H15Cl2OPRu. The molecule has 0 unspecified atom stereocenters. The Bertz CT molecular complexity index is 626. The molecule has 3 rings (SSSR count). The molecule has 0 saturated heterocycles. The number of benzene rings is 3. The second-order valence-corrected chi connectivity index (χ2v) is 7.67. The fraction of sp³-hybridized carbons (Fsp3) is 0. The fourth-order valence-electron chi connectivity index (χ4n) is 2.18. The van der Waals surface area contributed by atoms with Gasteiger partial charge >= 0.3 is 4.70 Å². The van der Waals surface area contributed by atoms with Gasteiger partial charge in [0.2, 0.25) is 0 Å². The molecule has 3 aromatic rings. The Morgan fingerprint density at radius 2 is 0.792 bits per heavy atom. The average Bonchev–Trinajstić information content (AvgIpc) is 2.58. The van der Waals surface area contributed by atoms with E-state index in [0.29, 0.717) is 0 Å². The van der Waals surface area contributed by atoms with E-state index in [1.165, 1.54) is 15.9 Å². The van der Waals surface area contributed by atoms with E-state index in [1.807, 2.05) is 0 Å². The second kappa shape index (κ2) is 11.5. The van der Waals surface area contributed by atoms with E-state index in [1.54, 1.807) is 0 Å². The Kier molecular flexibility index (Phi) is 10.1. The van der Waals surface area contributed by atoms with Crippen molar-refractivity contribution >= 4 is 51.7 Å². The minimum atomic E-state index is -0.889. The summed E-state index contributed by atoms with van der Waals surface area (Å²) in [5, 5.41) is 4.19. The zero-order valence-corrected chi connectivity index (χ0v) is 16.8. The summed E-state index contributed by atoms with van der Waals surface area (Å²) in [5.74, 6) is 0. The van der Waals surface area contributed by atoms with Crippen LogP contribution in [0.25, 0.3) is 0 Å². The van der Waals surface area contributed by atoms with E-state index in [9.17, 15) is 0 Å². The van der Waals surface area contributed by atoms with Gasteiger partial charge in [-0.1, -0.05) is 91.0 Å². The Morgan fingerprint density at radius 1 is 0.583 bits per heavy atom. The molecule has 5 heteroatoms. The summed E-state index contributed by atoms with van der Waals surface area (Å²) in [6, 6.07) is 32.3. The molecular weight excluding hydrogens is 447 g/mol. The monoisotopic (exact) mass is 462 g/mol. The normalized spacial score (nSPS) is 9.46. The van der Waals surface area contributed by atoms with Crippen LogP contribution < -0.4 is 15.9 Å². The van der Waals surface area contributed by atoms with Gasteiger partial charge in [-0.05, 0) is 47.0 Å². The Morgan fingerprint density at radius 3 is 1.00 bits per heavy atom. The predicted octanol–water partition coefficient (Wildman–Crippen LogP) is 5.03. The molecule has 0 aliphatic rings. The predicted molar refractivity (Wildman–Crippen MR) is 102 cm³/mol. The van der Waals surface area contributed by atoms with Crippen LogP contribution in [0, 0.1) is 0 Å². The second-order valence-electron chi connectivity index (χ2n) is 4.57. The number of rotatable bonds is 3. The van der Waals surface area contributed by atoms with Gasteiger partial charge in [0.25, 0.3) is 0 Å². The first-order chi connectivity index (χ1) is 11.2. The van der Waals surface area contributed by atoms with Gasteiger partial charge in [-0.25, -0.2) is 0 Å². The van der Waals surface area contributed by atoms with Crippen LogP contribution >= 0.6 is 31.1 Å². The smallest absolute Gasteiger partial charge is 0.262 e. The fourth-order valence-corrected chi connectivity index (χ4v) is 4.48. The molecule has 0 radical (unpaired) electrons. The standard InChI is InChI=1S/C18H15P.CCl2O.Ru/c1-4-10-16(11-5-1)19(17-12-6-2-7-13-17)18-14-8-3-9-15-18;2-1(3)4;/h1-15H;;. The maximum atomic E-state index is 8.98. The summed E-state index contributed by atoms with van der Waals surface area (Å²) in [6.07, 6.45) is 0. The van der Waals surface area contributed by atoms with E-state index in [4.69, 9.17) is 4.79 Å². The van der Waals surface area contributed by atoms with E-state index in [0.717, 1.165) is 0 Å². The van der Waals surface area contributed by atoms with Crippen molar-refractivity contribution in [1.82, 2.24) is 0 Å². The molecule has 0 N–H and O–H groups in total. The number of carbonyl (C=O) groups is 1. The van der Waals surface area contributed by atoms with E-state index >= 15 is 0 Å². The topological polar surface area (TPSA) is 17.1 Å². The van der Waals surface area contributed by atoms with Gasteiger partial charge in [-0.15, -0.1) is 0 Å². The third-order valence-corrected chi connectivity index (χ3v) is 5.49. The van der Waals surface area contributed by atoms with Gasteiger partial charge in [-0.2, -0.15) is 0 Å². The van der Waals surface area contributed by atoms with Crippen molar-refractivity contribution < 1.29 is 24.3 Å². The Balaban J connectivity index is 0.000000522. The van der Waals surface area contributed by atoms with Crippen LogP contribution in [0.1, 0.15) is 0 Å². The van der Waals surface area contributed by atoms with Crippen LogP contribution in [0.2, 0.25) is 0 Å². The van der Waals surface area contributed by atoms with Crippen molar-refractivity contribution in [3.8, 4) is 0 Å². The van der Waals surface area contributed by atoms with Crippen LogP contribution in [0.4, 0.5) is 4.79 Å². The van der Waals surface area contributed by atoms with Gasteiger partial charge < -0.3 is 0 Å². The SMILES string of the molecule is O=C(Cl)Cl.[Ru].c1ccc(P(c2ccccc2)c2ccccc2)cc1. The molecule has 24 heavy (non-hydrogen) atoms. The van der Waals surface area contributed by atoms with Gasteiger partial charge in [0.15, 0.2) is 0 Å². The van der Waals surface area contributed by atoms with Crippen molar-refractivity contribution in [2.45, 2.75) is 0 Å². The molecule has 0 fully saturated rings. The van der Waals surface area contributed by atoms with Crippen molar-refractivity contribution in [1.29, 1.82) is 0 Å². The van der Waals surface area contributed by atoms with Crippen LogP contribution in [0.5, 0.6) is 0 Å². The number of hydrogen-bond donors (Lipinski definition) is 0. The molecule has 0 aliphatic carbocycles.